The lowest BCUT2D eigenvalue weighted by Gasteiger charge is -2.31. The average molecular weight is 250 g/mol. The van der Waals surface area contributed by atoms with E-state index in [2.05, 4.69) is 5.32 Å². The lowest BCUT2D eigenvalue weighted by atomic mass is 9.79. The zero-order chi connectivity index (χ0) is 12.5. The highest BCUT2D eigenvalue weighted by Crippen LogP contribution is 2.54. The van der Waals surface area contributed by atoms with Crippen LogP contribution in [0.25, 0.3) is 0 Å². The second kappa shape index (κ2) is 5.20. The van der Waals surface area contributed by atoms with E-state index in [1.54, 1.807) is 0 Å². The van der Waals surface area contributed by atoms with Crippen LogP contribution in [-0.2, 0) is 4.79 Å². The molecule has 4 atom stereocenters. The van der Waals surface area contributed by atoms with Crippen LogP contribution in [0.5, 0.6) is 0 Å². The Bertz CT molecular complexity index is 308. The molecule has 3 heteroatoms. The monoisotopic (exact) mass is 250 g/mol. The van der Waals surface area contributed by atoms with Gasteiger partial charge in [0.05, 0.1) is 0 Å². The van der Waals surface area contributed by atoms with Gasteiger partial charge in [-0.25, -0.2) is 0 Å². The van der Waals surface area contributed by atoms with Crippen molar-refractivity contribution in [2.24, 2.45) is 35.3 Å². The molecule has 0 aromatic carbocycles. The Morgan fingerprint density at radius 1 is 1.06 bits per heavy atom. The van der Waals surface area contributed by atoms with Crippen molar-refractivity contribution in [3.63, 3.8) is 0 Å². The van der Waals surface area contributed by atoms with E-state index in [1.165, 1.54) is 32.1 Å². The topological polar surface area (TPSA) is 55.1 Å². The summed E-state index contributed by atoms with van der Waals surface area (Å²) in [4.78, 5) is 12.1. The van der Waals surface area contributed by atoms with Gasteiger partial charge in [-0.1, -0.05) is 12.8 Å². The fourth-order valence-corrected chi connectivity index (χ4v) is 4.17. The summed E-state index contributed by atoms with van der Waals surface area (Å²) in [6.45, 7) is 1.65. The van der Waals surface area contributed by atoms with Crippen LogP contribution in [0.2, 0.25) is 0 Å². The van der Waals surface area contributed by atoms with Crippen molar-refractivity contribution >= 4 is 5.91 Å². The molecule has 0 radical (unpaired) electrons. The van der Waals surface area contributed by atoms with Gasteiger partial charge >= 0.3 is 0 Å². The van der Waals surface area contributed by atoms with Gasteiger partial charge in [-0.2, -0.15) is 0 Å². The van der Waals surface area contributed by atoms with Gasteiger partial charge in [-0.15, -0.1) is 0 Å². The minimum absolute atomic E-state index is 0.323. The quantitative estimate of drug-likeness (QED) is 0.801. The summed E-state index contributed by atoms with van der Waals surface area (Å²) in [5, 5.41) is 3.21. The van der Waals surface area contributed by atoms with Crippen LogP contribution in [0.4, 0.5) is 0 Å². The number of hydrogen-bond donors (Lipinski definition) is 2. The normalized spacial score (nSPS) is 42.4. The van der Waals surface area contributed by atoms with Gasteiger partial charge in [0, 0.05) is 12.5 Å². The highest BCUT2D eigenvalue weighted by molar-refractivity contribution is 5.79. The van der Waals surface area contributed by atoms with E-state index in [1.807, 2.05) is 0 Å². The van der Waals surface area contributed by atoms with Crippen LogP contribution >= 0.6 is 0 Å². The van der Waals surface area contributed by atoms with Gasteiger partial charge in [0.25, 0.3) is 0 Å². The van der Waals surface area contributed by atoms with Crippen molar-refractivity contribution in [2.45, 2.75) is 44.9 Å². The molecular weight excluding hydrogens is 224 g/mol. The van der Waals surface area contributed by atoms with Crippen LogP contribution in [0.1, 0.15) is 44.9 Å². The van der Waals surface area contributed by atoms with Gasteiger partial charge < -0.3 is 11.1 Å². The van der Waals surface area contributed by atoms with Gasteiger partial charge in [0.2, 0.25) is 5.91 Å². The first-order valence-corrected chi connectivity index (χ1v) is 7.75. The molecule has 3 rings (SSSR count). The molecule has 18 heavy (non-hydrogen) atoms. The van der Waals surface area contributed by atoms with Crippen LogP contribution in [0.3, 0.4) is 0 Å². The number of rotatable bonds is 4. The largest absolute Gasteiger partial charge is 0.356 e. The second-order valence-corrected chi connectivity index (χ2v) is 6.71. The highest BCUT2D eigenvalue weighted by atomic mass is 16.1. The summed E-state index contributed by atoms with van der Waals surface area (Å²) in [7, 11) is 0. The van der Waals surface area contributed by atoms with Crippen LogP contribution in [0, 0.1) is 29.6 Å². The molecule has 0 heterocycles. The molecule has 3 aliphatic carbocycles. The molecule has 3 nitrogen and oxygen atoms in total. The van der Waals surface area contributed by atoms with Crippen LogP contribution < -0.4 is 11.1 Å². The van der Waals surface area contributed by atoms with Crippen LogP contribution in [0.15, 0.2) is 0 Å². The Balaban J connectivity index is 1.43. The lowest BCUT2D eigenvalue weighted by Crippen LogP contribution is -2.39. The maximum absolute atomic E-state index is 12.1. The zero-order valence-electron chi connectivity index (χ0n) is 11.2. The van der Waals surface area contributed by atoms with E-state index < -0.39 is 0 Å². The fourth-order valence-electron chi connectivity index (χ4n) is 4.17. The average Bonchev–Trinajstić information content (AvgIpc) is 3.02. The van der Waals surface area contributed by atoms with Gasteiger partial charge in [-0.05, 0) is 62.3 Å². The number of fused-ring (bicyclic) bond motifs is 1. The third kappa shape index (κ3) is 2.56. The molecular formula is C15H26N2O. The van der Waals surface area contributed by atoms with Crippen molar-refractivity contribution in [3.05, 3.63) is 0 Å². The van der Waals surface area contributed by atoms with E-state index in [0.29, 0.717) is 23.7 Å². The van der Waals surface area contributed by atoms with E-state index >= 15 is 0 Å². The molecule has 3 aliphatic rings. The molecule has 0 bridgehead atoms. The number of amides is 1. The molecule has 0 aromatic rings. The molecule has 3 N–H and O–H groups in total. The van der Waals surface area contributed by atoms with E-state index in [4.69, 9.17) is 5.73 Å². The summed E-state index contributed by atoms with van der Waals surface area (Å²) in [6.07, 6.45) is 8.83. The SMILES string of the molecule is NCC1CCCCC1CNC(=O)C1CC2CC2C1. The summed E-state index contributed by atoms with van der Waals surface area (Å²) in [5.74, 6) is 3.70. The van der Waals surface area contributed by atoms with E-state index in [-0.39, 0.29) is 0 Å². The Morgan fingerprint density at radius 3 is 2.39 bits per heavy atom. The molecule has 3 saturated carbocycles. The van der Waals surface area contributed by atoms with E-state index in [0.717, 1.165) is 37.8 Å². The van der Waals surface area contributed by atoms with Gasteiger partial charge in [0.15, 0.2) is 0 Å². The molecule has 0 aliphatic heterocycles. The number of hydrogen-bond acceptors (Lipinski definition) is 2. The third-order valence-corrected chi connectivity index (χ3v) is 5.52. The number of nitrogens with one attached hydrogen (secondary N) is 1. The number of nitrogens with two attached hydrogens (primary N) is 1. The first-order valence-electron chi connectivity index (χ1n) is 7.75. The number of carbonyl (C=O) groups is 1. The lowest BCUT2D eigenvalue weighted by molar-refractivity contribution is -0.125. The van der Waals surface area contributed by atoms with E-state index in [9.17, 15) is 4.79 Å². The minimum atomic E-state index is 0.323. The maximum atomic E-state index is 12.1. The Hall–Kier alpha value is -0.570. The summed E-state index contributed by atoms with van der Waals surface area (Å²) < 4.78 is 0. The predicted molar refractivity (Wildman–Crippen MR) is 71.8 cm³/mol. The molecule has 3 fully saturated rings. The van der Waals surface area contributed by atoms with Crippen LogP contribution in [-0.4, -0.2) is 19.0 Å². The Kier molecular flexibility index (Phi) is 3.60. The predicted octanol–water partition coefficient (Wildman–Crippen LogP) is 1.91. The first kappa shape index (κ1) is 12.5. The molecule has 0 spiro atoms. The first-order chi connectivity index (χ1) is 8.78. The standard InChI is InChI=1S/C15H26N2O/c16-8-10-3-1-2-4-11(10)9-17-15(18)14-6-12-5-13(12)7-14/h10-14H,1-9,16H2,(H,17,18). The fraction of sp³-hybridized carbons (Fsp3) is 0.933. The minimum Gasteiger partial charge on any atom is -0.356 e. The smallest absolute Gasteiger partial charge is 0.223 e. The Labute approximate surface area is 110 Å². The maximum Gasteiger partial charge on any atom is 0.223 e. The van der Waals surface area contributed by atoms with Gasteiger partial charge in [-0.3, -0.25) is 4.79 Å². The second-order valence-electron chi connectivity index (χ2n) is 6.71. The molecule has 0 aromatic heterocycles. The summed E-state index contributed by atoms with van der Waals surface area (Å²) >= 11 is 0. The highest BCUT2D eigenvalue weighted by Gasteiger charge is 2.47. The molecule has 102 valence electrons. The van der Waals surface area contributed by atoms with Crippen molar-refractivity contribution in [3.8, 4) is 0 Å². The summed E-state index contributed by atoms with van der Waals surface area (Å²) in [6, 6.07) is 0. The zero-order valence-corrected chi connectivity index (χ0v) is 11.2. The Morgan fingerprint density at radius 2 is 1.72 bits per heavy atom. The molecule has 0 saturated heterocycles. The number of carbonyl (C=O) groups excluding carboxylic acids is 1. The third-order valence-electron chi connectivity index (χ3n) is 5.52. The molecule has 4 unspecified atom stereocenters. The van der Waals surface area contributed by atoms with Crippen molar-refractivity contribution in [1.29, 1.82) is 0 Å². The van der Waals surface area contributed by atoms with Gasteiger partial charge in [0.1, 0.15) is 0 Å². The molecule has 1 amide bonds. The van der Waals surface area contributed by atoms with Crippen molar-refractivity contribution in [2.75, 3.05) is 13.1 Å². The summed E-state index contributed by atoms with van der Waals surface area (Å²) in [5.41, 5.74) is 5.83. The van der Waals surface area contributed by atoms with Crippen molar-refractivity contribution in [1.82, 2.24) is 5.32 Å². The van der Waals surface area contributed by atoms with Crippen molar-refractivity contribution < 1.29 is 4.79 Å².